The van der Waals surface area contributed by atoms with E-state index in [4.69, 9.17) is 0 Å². The SMILES string of the molecule is CCCNc1cc(C(=O)Nc2ccc(F)c(Br)c2)ccn1. The summed E-state index contributed by atoms with van der Waals surface area (Å²) in [6, 6.07) is 7.63. The highest BCUT2D eigenvalue weighted by atomic mass is 79.9. The van der Waals surface area contributed by atoms with E-state index in [0.29, 0.717) is 21.5 Å². The molecule has 1 aromatic carbocycles. The number of benzene rings is 1. The van der Waals surface area contributed by atoms with Gasteiger partial charge in [-0.3, -0.25) is 4.79 Å². The van der Waals surface area contributed by atoms with E-state index in [-0.39, 0.29) is 11.7 Å². The summed E-state index contributed by atoms with van der Waals surface area (Å²) in [5, 5.41) is 5.84. The summed E-state index contributed by atoms with van der Waals surface area (Å²) in [7, 11) is 0. The van der Waals surface area contributed by atoms with Gasteiger partial charge in [0.25, 0.3) is 5.91 Å². The van der Waals surface area contributed by atoms with Gasteiger partial charge in [0.05, 0.1) is 4.47 Å². The third kappa shape index (κ3) is 4.26. The highest BCUT2D eigenvalue weighted by Gasteiger charge is 2.08. The van der Waals surface area contributed by atoms with Crippen LogP contribution in [-0.2, 0) is 0 Å². The summed E-state index contributed by atoms with van der Waals surface area (Å²) in [5.74, 6) is 0.0169. The van der Waals surface area contributed by atoms with Crippen LogP contribution in [0.2, 0.25) is 0 Å². The maximum atomic E-state index is 13.2. The maximum Gasteiger partial charge on any atom is 0.255 e. The Morgan fingerprint density at radius 3 is 2.86 bits per heavy atom. The van der Waals surface area contributed by atoms with Crippen LogP contribution in [0.5, 0.6) is 0 Å². The number of aromatic nitrogens is 1. The van der Waals surface area contributed by atoms with Crippen LogP contribution in [0.25, 0.3) is 0 Å². The van der Waals surface area contributed by atoms with Gasteiger partial charge < -0.3 is 10.6 Å². The molecule has 2 N–H and O–H groups in total. The second kappa shape index (κ2) is 7.17. The van der Waals surface area contributed by atoms with Crippen LogP contribution in [0.3, 0.4) is 0 Å². The van der Waals surface area contributed by atoms with Crippen molar-refractivity contribution in [3.05, 3.63) is 52.4 Å². The lowest BCUT2D eigenvalue weighted by molar-refractivity contribution is 0.102. The number of hydrogen-bond acceptors (Lipinski definition) is 3. The highest BCUT2D eigenvalue weighted by Crippen LogP contribution is 2.20. The van der Waals surface area contributed by atoms with Crippen LogP contribution in [0.4, 0.5) is 15.9 Å². The van der Waals surface area contributed by atoms with E-state index in [9.17, 15) is 9.18 Å². The van der Waals surface area contributed by atoms with E-state index in [0.717, 1.165) is 13.0 Å². The van der Waals surface area contributed by atoms with Gasteiger partial charge in [-0.05, 0) is 52.7 Å². The fraction of sp³-hybridized carbons (Fsp3) is 0.200. The Bertz CT molecular complexity index is 649. The Morgan fingerprint density at radius 2 is 2.14 bits per heavy atom. The Balaban J connectivity index is 2.10. The molecule has 1 heterocycles. The Kier molecular flexibility index (Phi) is 5.27. The van der Waals surface area contributed by atoms with Crippen LogP contribution < -0.4 is 10.6 Å². The lowest BCUT2D eigenvalue weighted by Crippen LogP contribution is -2.13. The van der Waals surface area contributed by atoms with Gasteiger partial charge in [-0.25, -0.2) is 9.37 Å². The smallest absolute Gasteiger partial charge is 0.255 e. The molecule has 0 spiro atoms. The van der Waals surface area contributed by atoms with E-state index in [1.165, 1.54) is 18.2 Å². The molecule has 0 bridgehead atoms. The van der Waals surface area contributed by atoms with Crippen molar-refractivity contribution in [2.45, 2.75) is 13.3 Å². The molecule has 0 atom stereocenters. The van der Waals surface area contributed by atoms with Crippen molar-refractivity contribution in [3.8, 4) is 0 Å². The number of nitrogens with one attached hydrogen (secondary N) is 2. The number of nitrogens with zero attached hydrogens (tertiary/aromatic N) is 1. The molecule has 1 amide bonds. The number of hydrogen-bond donors (Lipinski definition) is 2. The zero-order valence-electron chi connectivity index (χ0n) is 11.5. The molecule has 110 valence electrons. The average Bonchev–Trinajstić information content (AvgIpc) is 2.49. The molecule has 0 unspecified atom stereocenters. The van der Waals surface area contributed by atoms with E-state index in [2.05, 4.69) is 38.5 Å². The van der Waals surface area contributed by atoms with Crippen LogP contribution in [0.15, 0.2) is 41.0 Å². The average molecular weight is 352 g/mol. The van der Waals surface area contributed by atoms with Crippen LogP contribution >= 0.6 is 15.9 Å². The summed E-state index contributed by atoms with van der Waals surface area (Å²) in [4.78, 5) is 16.3. The molecule has 4 nitrogen and oxygen atoms in total. The molecule has 0 aliphatic rings. The zero-order valence-corrected chi connectivity index (χ0v) is 13.1. The number of anilines is 2. The number of rotatable bonds is 5. The van der Waals surface area contributed by atoms with Crippen molar-refractivity contribution in [2.24, 2.45) is 0 Å². The quantitative estimate of drug-likeness (QED) is 0.853. The molecule has 0 saturated heterocycles. The minimum atomic E-state index is -0.372. The first-order valence-electron chi connectivity index (χ1n) is 6.56. The first-order chi connectivity index (χ1) is 10.1. The van der Waals surface area contributed by atoms with E-state index >= 15 is 0 Å². The van der Waals surface area contributed by atoms with E-state index < -0.39 is 0 Å². The molecule has 0 fully saturated rings. The number of halogens is 2. The van der Waals surface area contributed by atoms with Crippen LogP contribution in [0, 0.1) is 5.82 Å². The minimum absolute atomic E-state index is 0.268. The predicted octanol–water partition coefficient (Wildman–Crippen LogP) is 4.06. The van der Waals surface area contributed by atoms with Crippen molar-refractivity contribution in [1.29, 1.82) is 0 Å². The molecule has 0 aliphatic carbocycles. The molecular formula is C15H15BrFN3O. The Morgan fingerprint density at radius 1 is 1.33 bits per heavy atom. The summed E-state index contributed by atoms with van der Waals surface area (Å²) in [5.41, 5.74) is 1.01. The molecule has 21 heavy (non-hydrogen) atoms. The monoisotopic (exact) mass is 351 g/mol. The van der Waals surface area contributed by atoms with Gasteiger partial charge in [-0.1, -0.05) is 6.92 Å². The van der Waals surface area contributed by atoms with Gasteiger partial charge in [0, 0.05) is 24.0 Å². The van der Waals surface area contributed by atoms with Gasteiger partial charge in [0.1, 0.15) is 11.6 Å². The standard InChI is InChI=1S/C15H15BrFN3O/c1-2-6-18-14-8-10(5-7-19-14)15(21)20-11-3-4-13(17)12(16)9-11/h3-5,7-9H,2,6H2,1H3,(H,18,19)(H,20,21). The summed E-state index contributed by atoms with van der Waals surface area (Å²) >= 11 is 3.09. The molecule has 1 aromatic heterocycles. The van der Waals surface area contributed by atoms with Crippen molar-refractivity contribution < 1.29 is 9.18 Å². The second-order valence-electron chi connectivity index (χ2n) is 4.44. The van der Waals surface area contributed by atoms with Gasteiger partial charge in [0.2, 0.25) is 0 Å². The molecule has 0 saturated carbocycles. The van der Waals surface area contributed by atoms with Crippen molar-refractivity contribution >= 4 is 33.3 Å². The Labute approximate surface area is 130 Å². The first kappa shape index (κ1) is 15.4. The normalized spacial score (nSPS) is 10.2. The van der Waals surface area contributed by atoms with E-state index in [1.54, 1.807) is 18.3 Å². The van der Waals surface area contributed by atoms with Crippen molar-refractivity contribution in [2.75, 3.05) is 17.2 Å². The number of carbonyl (C=O) groups is 1. The minimum Gasteiger partial charge on any atom is -0.370 e. The molecule has 0 radical (unpaired) electrons. The third-order valence-corrected chi connectivity index (χ3v) is 3.36. The molecule has 6 heteroatoms. The Hall–Kier alpha value is -1.95. The molecule has 2 aromatic rings. The summed E-state index contributed by atoms with van der Waals surface area (Å²) in [6.07, 6.45) is 2.55. The van der Waals surface area contributed by atoms with Gasteiger partial charge in [-0.15, -0.1) is 0 Å². The third-order valence-electron chi connectivity index (χ3n) is 2.76. The van der Waals surface area contributed by atoms with Gasteiger partial charge >= 0.3 is 0 Å². The second-order valence-corrected chi connectivity index (χ2v) is 5.29. The first-order valence-corrected chi connectivity index (χ1v) is 7.35. The lowest BCUT2D eigenvalue weighted by Gasteiger charge is -2.08. The summed E-state index contributed by atoms with van der Waals surface area (Å²) in [6.45, 7) is 2.85. The fourth-order valence-electron chi connectivity index (χ4n) is 1.70. The number of pyridine rings is 1. The predicted molar refractivity (Wildman–Crippen MR) is 85.1 cm³/mol. The van der Waals surface area contributed by atoms with E-state index in [1.807, 2.05) is 0 Å². The fourth-order valence-corrected chi connectivity index (χ4v) is 2.08. The molecular weight excluding hydrogens is 337 g/mol. The van der Waals surface area contributed by atoms with Crippen LogP contribution in [-0.4, -0.2) is 17.4 Å². The molecule has 2 rings (SSSR count). The summed E-state index contributed by atoms with van der Waals surface area (Å²) < 4.78 is 13.5. The maximum absolute atomic E-state index is 13.2. The largest absolute Gasteiger partial charge is 0.370 e. The lowest BCUT2D eigenvalue weighted by atomic mass is 10.2. The number of carbonyl (C=O) groups excluding carboxylic acids is 1. The highest BCUT2D eigenvalue weighted by molar-refractivity contribution is 9.10. The number of amides is 1. The zero-order chi connectivity index (χ0) is 15.2. The van der Waals surface area contributed by atoms with Gasteiger partial charge in [-0.2, -0.15) is 0 Å². The van der Waals surface area contributed by atoms with Crippen LogP contribution in [0.1, 0.15) is 23.7 Å². The topological polar surface area (TPSA) is 54.0 Å². The van der Waals surface area contributed by atoms with Crippen molar-refractivity contribution in [1.82, 2.24) is 4.98 Å². The van der Waals surface area contributed by atoms with Gasteiger partial charge in [0.15, 0.2) is 0 Å². The molecule has 0 aliphatic heterocycles. The van der Waals surface area contributed by atoms with Crippen molar-refractivity contribution in [3.63, 3.8) is 0 Å².